The van der Waals surface area contributed by atoms with E-state index in [1.165, 1.54) is 10.5 Å². The summed E-state index contributed by atoms with van der Waals surface area (Å²) in [5.74, 6) is 0. The Morgan fingerprint density at radius 1 is 1.45 bits per heavy atom. The number of ether oxygens (including phenoxy) is 1. The predicted molar refractivity (Wildman–Crippen MR) is 76.8 cm³/mol. The Labute approximate surface area is 119 Å². The SMILES string of the molecule is CO[C@H]1CN(C(=O)O)CC[C@H]1N[C@H](C)c1ccccc1. The average Bonchev–Trinajstić information content (AvgIpc) is 2.48. The van der Waals surface area contributed by atoms with Crippen molar-refractivity contribution in [3.05, 3.63) is 35.9 Å². The van der Waals surface area contributed by atoms with Crippen LogP contribution in [0.4, 0.5) is 4.79 Å². The normalized spacial score (nSPS) is 24.4. The van der Waals surface area contributed by atoms with Crippen molar-refractivity contribution < 1.29 is 14.6 Å². The maximum absolute atomic E-state index is 11.0. The van der Waals surface area contributed by atoms with Crippen LogP contribution in [0.5, 0.6) is 0 Å². The van der Waals surface area contributed by atoms with Gasteiger partial charge in [-0.1, -0.05) is 30.3 Å². The number of nitrogens with zero attached hydrogens (tertiary/aromatic N) is 1. The third-order valence-corrected chi connectivity index (χ3v) is 3.90. The van der Waals surface area contributed by atoms with Gasteiger partial charge in [-0.05, 0) is 18.9 Å². The van der Waals surface area contributed by atoms with Gasteiger partial charge in [0.25, 0.3) is 0 Å². The van der Waals surface area contributed by atoms with Crippen LogP contribution in [0.1, 0.15) is 24.9 Å². The van der Waals surface area contributed by atoms with E-state index in [1.54, 1.807) is 7.11 Å². The number of carbonyl (C=O) groups is 1. The van der Waals surface area contributed by atoms with E-state index in [9.17, 15) is 4.79 Å². The highest BCUT2D eigenvalue weighted by molar-refractivity contribution is 5.65. The summed E-state index contributed by atoms with van der Waals surface area (Å²) in [7, 11) is 1.64. The van der Waals surface area contributed by atoms with Crippen LogP contribution >= 0.6 is 0 Å². The minimum atomic E-state index is -0.874. The molecule has 5 nitrogen and oxygen atoms in total. The first kappa shape index (κ1) is 14.8. The molecule has 0 unspecified atom stereocenters. The molecule has 0 bridgehead atoms. The Hall–Kier alpha value is -1.59. The molecule has 3 atom stereocenters. The predicted octanol–water partition coefficient (Wildman–Crippen LogP) is 2.10. The molecule has 1 aliphatic rings. The molecule has 1 fully saturated rings. The second kappa shape index (κ2) is 6.72. The zero-order valence-electron chi connectivity index (χ0n) is 12.0. The van der Waals surface area contributed by atoms with Crippen LogP contribution in [0.25, 0.3) is 0 Å². The van der Waals surface area contributed by atoms with Crippen molar-refractivity contribution in [2.75, 3.05) is 20.2 Å². The van der Waals surface area contributed by atoms with Crippen molar-refractivity contribution in [1.82, 2.24) is 10.2 Å². The van der Waals surface area contributed by atoms with Crippen molar-refractivity contribution in [3.63, 3.8) is 0 Å². The molecule has 0 aromatic heterocycles. The van der Waals surface area contributed by atoms with Gasteiger partial charge in [-0.25, -0.2) is 4.79 Å². The van der Waals surface area contributed by atoms with Gasteiger partial charge in [-0.2, -0.15) is 0 Å². The molecule has 2 N–H and O–H groups in total. The summed E-state index contributed by atoms with van der Waals surface area (Å²) >= 11 is 0. The maximum Gasteiger partial charge on any atom is 0.407 e. The van der Waals surface area contributed by atoms with Gasteiger partial charge in [0.1, 0.15) is 0 Å². The second-order valence-electron chi connectivity index (χ2n) is 5.20. The van der Waals surface area contributed by atoms with E-state index in [1.807, 2.05) is 18.2 Å². The highest BCUT2D eigenvalue weighted by Gasteiger charge is 2.32. The molecule has 1 aromatic rings. The van der Waals surface area contributed by atoms with Gasteiger partial charge < -0.3 is 20.1 Å². The van der Waals surface area contributed by atoms with E-state index in [2.05, 4.69) is 24.4 Å². The number of rotatable bonds is 4. The van der Waals surface area contributed by atoms with E-state index in [4.69, 9.17) is 9.84 Å². The molecular weight excluding hydrogens is 256 g/mol. The quantitative estimate of drug-likeness (QED) is 0.885. The number of piperidine rings is 1. The van der Waals surface area contributed by atoms with Gasteiger partial charge in [0, 0.05) is 25.7 Å². The van der Waals surface area contributed by atoms with Crippen LogP contribution in [0.2, 0.25) is 0 Å². The molecule has 2 rings (SSSR count). The van der Waals surface area contributed by atoms with Crippen LogP contribution in [-0.2, 0) is 4.74 Å². The summed E-state index contributed by atoms with van der Waals surface area (Å²) in [6.45, 7) is 3.09. The second-order valence-corrected chi connectivity index (χ2v) is 5.20. The molecule has 0 saturated carbocycles. The van der Waals surface area contributed by atoms with Crippen LogP contribution in [0, 0.1) is 0 Å². The maximum atomic E-state index is 11.0. The minimum Gasteiger partial charge on any atom is -0.465 e. The third kappa shape index (κ3) is 3.49. The van der Waals surface area contributed by atoms with Crippen molar-refractivity contribution >= 4 is 6.09 Å². The van der Waals surface area contributed by atoms with Gasteiger partial charge >= 0.3 is 6.09 Å². The van der Waals surface area contributed by atoms with Crippen LogP contribution < -0.4 is 5.32 Å². The van der Waals surface area contributed by atoms with Crippen LogP contribution in [-0.4, -0.2) is 48.4 Å². The largest absolute Gasteiger partial charge is 0.465 e. The van der Waals surface area contributed by atoms with E-state index in [-0.39, 0.29) is 18.2 Å². The summed E-state index contributed by atoms with van der Waals surface area (Å²) in [6, 6.07) is 10.6. The first-order chi connectivity index (χ1) is 9.61. The lowest BCUT2D eigenvalue weighted by molar-refractivity contribution is 0.00701. The molecule has 1 saturated heterocycles. The number of likely N-dealkylation sites (tertiary alicyclic amines) is 1. The Kier molecular flexibility index (Phi) is 4.98. The number of nitrogens with one attached hydrogen (secondary N) is 1. The number of amides is 1. The Morgan fingerprint density at radius 2 is 2.15 bits per heavy atom. The van der Waals surface area contributed by atoms with Crippen molar-refractivity contribution in [3.8, 4) is 0 Å². The number of benzene rings is 1. The Bertz CT molecular complexity index is 438. The fraction of sp³-hybridized carbons (Fsp3) is 0.533. The van der Waals surface area contributed by atoms with Crippen molar-refractivity contribution in [2.45, 2.75) is 31.5 Å². The van der Waals surface area contributed by atoms with E-state index in [0.717, 1.165) is 6.42 Å². The lowest BCUT2D eigenvalue weighted by Crippen LogP contribution is -2.54. The summed E-state index contributed by atoms with van der Waals surface area (Å²) in [5.41, 5.74) is 1.23. The molecule has 20 heavy (non-hydrogen) atoms. The minimum absolute atomic E-state index is 0.106. The Balaban J connectivity index is 1.97. The highest BCUT2D eigenvalue weighted by Crippen LogP contribution is 2.19. The van der Waals surface area contributed by atoms with Crippen molar-refractivity contribution in [1.29, 1.82) is 0 Å². The molecule has 0 radical (unpaired) electrons. The summed E-state index contributed by atoms with van der Waals surface area (Å²) in [4.78, 5) is 12.4. The number of hydrogen-bond donors (Lipinski definition) is 2. The molecule has 5 heteroatoms. The highest BCUT2D eigenvalue weighted by atomic mass is 16.5. The van der Waals surface area contributed by atoms with E-state index >= 15 is 0 Å². The fourth-order valence-electron chi connectivity index (χ4n) is 2.68. The number of methoxy groups -OCH3 is 1. The van der Waals surface area contributed by atoms with Crippen molar-refractivity contribution in [2.24, 2.45) is 0 Å². The van der Waals surface area contributed by atoms with Gasteiger partial charge in [0.2, 0.25) is 0 Å². The lowest BCUT2D eigenvalue weighted by Gasteiger charge is -2.38. The standard InChI is InChI=1S/C15H22N2O3/c1-11(12-6-4-3-5-7-12)16-13-8-9-17(15(18)19)10-14(13)20-2/h3-7,11,13-14,16H,8-10H2,1-2H3,(H,18,19)/t11-,13-,14+/m1/s1. The molecule has 1 aromatic carbocycles. The van der Waals surface area contributed by atoms with Gasteiger partial charge in [0.15, 0.2) is 0 Å². The molecule has 0 spiro atoms. The average molecular weight is 278 g/mol. The summed E-state index contributed by atoms with van der Waals surface area (Å²) in [6.07, 6.45) is -0.213. The number of hydrogen-bond acceptors (Lipinski definition) is 3. The van der Waals surface area contributed by atoms with Gasteiger partial charge in [0.05, 0.1) is 12.6 Å². The smallest absolute Gasteiger partial charge is 0.407 e. The molecular formula is C15H22N2O3. The monoisotopic (exact) mass is 278 g/mol. The van der Waals surface area contributed by atoms with Gasteiger partial charge in [-0.3, -0.25) is 0 Å². The number of carboxylic acid groups (broad SMARTS) is 1. The summed E-state index contributed by atoms with van der Waals surface area (Å²) in [5, 5.41) is 12.6. The zero-order chi connectivity index (χ0) is 14.5. The fourth-order valence-corrected chi connectivity index (χ4v) is 2.68. The third-order valence-electron chi connectivity index (χ3n) is 3.90. The van der Waals surface area contributed by atoms with Crippen LogP contribution in [0.3, 0.4) is 0 Å². The van der Waals surface area contributed by atoms with E-state index < -0.39 is 6.09 Å². The topological polar surface area (TPSA) is 61.8 Å². The molecule has 110 valence electrons. The Morgan fingerprint density at radius 3 is 2.75 bits per heavy atom. The van der Waals surface area contributed by atoms with Gasteiger partial charge in [-0.15, -0.1) is 0 Å². The van der Waals surface area contributed by atoms with Crippen LogP contribution in [0.15, 0.2) is 30.3 Å². The first-order valence-electron chi connectivity index (χ1n) is 6.93. The van der Waals surface area contributed by atoms with E-state index in [0.29, 0.717) is 13.1 Å². The molecule has 1 aliphatic heterocycles. The summed E-state index contributed by atoms with van der Waals surface area (Å²) < 4.78 is 5.45. The zero-order valence-corrected chi connectivity index (χ0v) is 12.0. The lowest BCUT2D eigenvalue weighted by atomic mass is 9.99. The molecule has 1 heterocycles. The molecule has 1 amide bonds. The first-order valence-corrected chi connectivity index (χ1v) is 6.93. The molecule has 0 aliphatic carbocycles.